The number of hydrazone groups is 1. The third-order valence-electron chi connectivity index (χ3n) is 4.53. The SMILES string of the molecule is Cc1cc(/C=N\Nc2ccc(C(F)(F)F)cc2[N+](=O)[O-])c(C)n1-c1ccc(Br)cc1F. The number of hydrogen-bond donors (Lipinski definition) is 1. The van der Waals surface area contributed by atoms with E-state index in [2.05, 4.69) is 26.5 Å². The fourth-order valence-corrected chi connectivity index (χ4v) is 3.41. The number of halogens is 5. The van der Waals surface area contributed by atoms with Gasteiger partial charge in [-0.3, -0.25) is 15.5 Å². The molecule has 1 N–H and O–H groups in total. The Morgan fingerprint density at radius 1 is 1.16 bits per heavy atom. The van der Waals surface area contributed by atoms with E-state index in [-0.39, 0.29) is 5.69 Å². The Morgan fingerprint density at radius 2 is 1.87 bits per heavy atom. The summed E-state index contributed by atoms with van der Waals surface area (Å²) < 4.78 is 55.1. The van der Waals surface area contributed by atoms with Crippen LogP contribution in [0.2, 0.25) is 0 Å². The van der Waals surface area contributed by atoms with Crippen LogP contribution in [-0.2, 0) is 6.18 Å². The van der Waals surface area contributed by atoms with Gasteiger partial charge in [0, 0.05) is 27.5 Å². The minimum Gasteiger partial charge on any atom is -0.315 e. The van der Waals surface area contributed by atoms with Crippen molar-refractivity contribution in [2.45, 2.75) is 20.0 Å². The van der Waals surface area contributed by atoms with E-state index >= 15 is 0 Å². The van der Waals surface area contributed by atoms with Crippen LogP contribution in [0.15, 0.2) is 52.0 Å². The lowest BCUT2D eigenvalue weighted by Crippen LogP contribution is -2.06. The highest BCUT2D eigenvalue weighted by molar-refractivity contribution is 9.10. The zero-order valence-electron chi connectivity index (χ0n) is 16.2. The van der Waals surface area contributed by atoms with Gasteiger partial charge in [0.25, 0.3) is 5.69 Å². The molecule has 0 unspecified atom stereocenters. The first kappa shape index (κ1) is 22.5. The van der Waals surface area contributed by atoms with Gasteiger partial charge in [0.15, 0.2) is 0 Å². The molecule has 3 rings (SSSR count). The van der Waals surface area contributed by atoms with Gasteiger partial charge < -0.3 is 4.57 Å². The Morgan fingerprint density at radius 3 is 2.48 bits per heavy atom. The molecule has 0 aliphatic rings. The highest BCUT2D eigenvalue weighted by Crippen LogP contribution is 2.35. The number of nitro groups is 1. The molecule has 0 amide bonds. The maximum atomic E-state index is 14.4. The lowest BCUT2D eigenvalue weighted by atomic mass is 10.1. The number of nitro benzene ring substituents is 1. The Balaban J connectivity index is 1.90. The lowest BCUT2D eigenvalue weighted by Gasteiger charge is -2.11. The van der Waals surface area contributed by atoms with Crippen LogP contribution in [0.1, 0.15) is 22.5 Å². The molecule has 0 atom stereocenters. The number of aryl methyl sites for hydroxylation is 1. The van der Waals surface area contributed by atoms with Crippen LogP contribution in [0.3, 0.4) is 0 Å². The predicted octanol–water partition coefficient (Wildman–Crippen LogP) is 6.37. The zero-order valence-corrected chi connectivity index (χ0v) is 17.8. The molecule has 3 aromatic rings. The average Bonchev–Trinajstić information content (AvgIpc) is 2.95. The fraction of sp³-hybridized carbons (Fsp3) is 0.150. The molecular weight excluding hydrogens is 484 g/mol. The van der Waals surface area contributed by atoms with Crippen LogP contribution in [0.25, 0.3) is 5.69 Å². The average molecular weight is 499 g/mol. The van der Waals surface area contributed by atoms with E-state index in [1.165, 1.54) is 12.3 Å². The van der Waals surface area contributed by atoms with Gasteiger partial charge in [-0.15, -0.1) is 0 Å². The second-order valence-corrected chi connectivity index (χ2v) is 7.53. The molecule has 0 radical (unpaired) electrons. The number of alkyl halides is 3. The summed E-state index contributed by atoms with van der Waals surface area (Å²) in [5, 5.41) is 15.1. The lowest BCUT2D eigenvalue weighted by molar-refractivity contribution is -0.384. The van der Waals surface area contributed by atoms with Crippen LogP contribution in [0.4, 0.5) is 28.9 Å². The number of anilines is 1. The maximum absolute atomic E-state index is 14.4. The van der Waals surface area contributed by atoms with Crippen LogP contribution in [-0.4, -0.2) is 15.7 Å². The van der Waals surface area contributed by atoms with Crippen molar-refractivity contribution in [2.75, 3.05) is 5.43 Å². The number of rotatable bonds is 5. The summed E-state index contributed by atoms with van der Waals surface area (Å²) in [6.45, 7) is 3.52. The highest BCUT2D eigenvalue weighted by atomic mass is 79.9. The number of hydrogen-bond acceptors (Lipinski definition) is 4. The quantitative estimate of drug-likeness (QED) is 0.192. The summed E-state index contributed by atoms with van der Waals surface area (Å²) in [7, 11) is 0. The zero-order chi connectivity index (χ0) is 22.9. The van der Waals surface area contributed by atoms with E-state index in [9.17, 15) is 27.7 Å². The molecular formula is C20H15BrF4N4O2. The normalized spacial score (nSPS) is 11.8. The molecule has 162 valence electrons. The van der Waals surface area contributed by atoms with Crippen molar-refractivity contribution in [1.82, 2.24) is 4.57 Å². The number of nitrogens with zero attached hydrogens (tertiary/aromatic N) is 3. The van der Waals surface area contributed by atoms with Crippen molar-refractivity contribution in [3.63, 3.8) is 0 Å². The summed E-state index contributed by atoms with van der Waals surface area (Å²) in [6.07, 6.45) is -3.34. The molecule has 31 heavy (non-hydrogen) atoms. The second kappa shape index (κ2) is 8.50. The van der Waals surface area contributed by atoms with Gasteiger partial charge >= 0.3 is 6.18 Å². The van der Waals surface area contributed by atoms with Crippen molar-refractivity contribution in [3.05, 3.63) is 85.4 Å². The molecule has 1 heterocycles. The standard InChI is InChI=1S/C20H15BrF4N4O2/c1-11-7-13(12(2)28(11)18-6-4-15(21)9-16(18)22)10-26-27-17-5-3-14(20(23,24)25)8-19(17)29(30)31/h3-10,27H,1-2H3/b26-10-. The van der Waals surface area contributed by atoms with Gasteiger partial charge in [-0.05, 0) is 50.2 Å². The molecule has 1 aromatic heterocycles. The van der Waals surface area contributed by atoms with Crippen molar-refractivity contribution in [2.24, 2.45) is 5.10 Å². The summed E-state index contributed by atoms with van der Waals surface area (Å²) in [4.78, 5) is 10.2. The van der Waals surface area contributed by atoms with Gasteiger partial charge in [0.2, 0.25) is 0 Å². The van der Waals surface area contributed by atoms with Gasteiger partial charge in [0.05, 0.1) is 22.4 Å². The monoisotopic (exact) mass is 498 g/mol. The predicted molar refractivity (Wildman–Crippen MR) is 112 cm³/mol. The number of nitrogens with one attached hydrogen (secondary N) is 1. The summed E-state index contributed by atoms with van der Waals surface area (Å²) in [6, 6.07) is 8.52. The van der Waals surface area contributed by atoms with Gasteiger partial charge in [-0.2, -0.15) is 18.3 Å². The Kier molecular flexibility index (Phi) is 6.16. The van der Waals surface area contributed by atoms with Gasteiger partial charge in [0.1, 0.15) is 11.5 Å². The van der Waals surface area contributed by atoms with E-state index in [0.717, 1.165) is 17.8 Å². The molecule has 0 aliphatic heterocycles. The second-order valence-electron chi connectivity index (χ2n) is 6.61. The number of benzene rings is 2. The van der Waals surface area contributed by atoms with E-state index in [1.807, 2.05) is 0 Å². The van der Waals surface area contributed by atoms with Crippen LogP contribution < -0.4 is 5.43 Å². The van der Waals surface area contributed by atoms with E-state index in [0.29, 0.717) is 27.5 Å². The molecule has 2 aromatic carbocycles. The fourth-order valence-electron chi connectivity index (χ4n) is 3.08. The van der Waals surface area contributed by atoms with Crippen LogP contribution >= 0.6 is 15.9 Å². The summed E-state index contributed by atoms with van der Waals surface area (Å²) >= 11 is 3.21. The van der Waals surface area contributed by atoms with Gasteiger partial charge in [-0.1, -0.05) is 15.9 Å². The number of aromatic nitrogens is 1. The van der Waals surface area contributed by atoms with Crippen molar-refractivity contribution < 1.29 is 22.5 Å². The van der Waals surface area contributed by atoms with Crippen LogP contribution in [0, 0.1) is 29.8 Å². The van der Waals surface area contributed by atoms with Crippen LogP contribution in [0.5, 0.6) is 0 Å². The Bertz CT molecular complexity index is 1190. The third kappa shape index (κ3) is 4.76. The van der Waals surface area contributed by atoms with Crippen molar-refractivity contribution in [1.29, 1.82) is 0 Å². The molecule has 11 heteroatoms. The van der Waals surface area contributed by atoms with Gasteiger partial charge in [-0.25, -0.2) is 4.39 Å². The topological polar surface area (TPSA) is 72.5 Å². The first-order chi connectivity index (χ1) is 14.5. The molecule has 6 nitrogen and oxygen atoms in total. The molecule has 0 saturated carbocycles. The minimum absolute atomic E-state index is 0.193. The largest absolute Gasteiger partial charge is 0.416 e. The smallest absolute Gasteiger partial charge is 0.315 e. The highest BCUT2D eigenvalue weighted by Gasteiger charge is 2.33. The first-order valence-electron chi connectivity index (χ1n) is 8.78. The molecule has 0 bridgehead atoms. The molecule has 0 spiro atoms. The van der Waals surface area contributed by atoms with E-state index in [4.69, 9.17) is 0 Å². The van der Waals surface area contributed by atoms with E-state index in [1.54, 1.807) is 36.6 Å². The Labute approximate surface area is 182 Å². The first-order valence-corrected chi connectivity index (χ1v) is 9.57. The third-order valence-corrected chi connectivity index (χ3v) is 5.02. The molecule has 0 saturated heterocycles. The van der Waals surface area contributed by atoms with Crippen molar-refractivity contribution >= 4 is 33.5 Å². The molecule has 0 aliphatic carbocycles. The molecule has 0 fully saturated rings. The van der Waals surface area contributed by atoms with Crippen molar-refractivity contribution in [3.8, 4) is 5.69 Å². The summed E-state index contributed by atoms with van der Waals surface area (Å²) in [5.74, 6) is -0.432. The maximum Gasteiger partial charge on any atom is 0.416 e. The summed E-state index contributed by atoms with van der Waals surface area (Å²) in [5.41, 5.74) is 2.65. The van der Waals surface area contributed by atoms with E-state index < -0.39 is 28.2 Å². The minimum atomic E-state index is -4.70. The Hall–Kier alpha value is -3.21.